The number of thiazole rings is 1. The summed E-state index contributed by atoms with van der Waals surface area (Å²) in [5.74, 6) is 0.525. The fourth-order valence-corrected chi connectivity index (χ4v) is 3.26. The largest absolute Gasteiger partial charge is 0.371 e. The second-order valence-electron chi connectivity index (χ2n) is 4.40. The van der Waals surface area contributed by atoms with E-state index in [1.54, 1.807) is 6.20 Å². The molecule has 1 saturated heterocycles. The van der Waals surface area contributed by atoms with Gasteiger partial charge in [-0.05, 0) is 25.8 Å². The van der Waals surface area contributed by atoms with Crippen LogP contribution in [0.25, 0.3) is 0 Å². The lowest BCUT2D eigenvalue weighted by Crippen LogP contribution is -2.32. The van der Waals surface area contributed by atoms with Gasteiger partial charge in [-0.1, -0.05) is 18.5 Å². The highest BCUT2D eigenvalue weighted by molar-refractivity contribution is 7.15. The van der Waals surface area contributed by atoms with Crippen LogP contribution in [-0.4, -0.2) is 24.7 Å². The van der Waals surface area contributed by atoms with Gasteiger partial charge in [0.1, 0.15) is 15.4 Å². The first-order valence-electron chi connectivity index (χ1n) is 6.24. The lowest BCUT2D eigenvalue weighted by Gasteiger charge is -2.30. The summed E-state index contributed by atoms with van der Waals surface area (Å²) in [6.45, 7) is 5.10. The van der Waals surface area contributed by atoms with Crippen LogP contribution >= 0.6 is 22.9 Å². The van der Waals surface area contributed by atoms with Crippen LogP contribution in [0, 0.1) is 5.92 Å². The minimum atomic E-state index is 0.130. The van der Waals surface area contributed by atoms with E-state index in [0.717, 1.165) is 35.5 Å². The average molecular weight is 275 g/mol. The Labute approximate surface area is 112 Å². The van der Waals surface area contributed by atoms with Crippen LogP contribution in [0.5, 0.6) is 0 Å². The Morgan fingerprint density at radius 2 is 2.53 bits per heavy atom. The van der Waals surface area contributed by atoms with Gasteiger partial charge in [-0.15, -0.1) is 11.3 Å². The predicted octanol–water partition coefficient (Wildman–Crippen LogP) is 3.26. The van der Waals surface area contributed by atoms with E-state index in [4.69, 9.17) is 16.3 Å². The summed E-state index contributed by atoms with van der Waals surface area (Å²) in [6, 6.07) is 0. The van der Waals surface area contributed by atoms with Crippen LogP contribution < -0.4 is 5.32 Å². The number of aromatic nitrogens is 1. The van der Waals surface area contributed by atoms with E-state index >= 15 is 0 Å². The maximum Gasteiger partial charge on any atom is 0.123 e. The molecule has 0 spiro atoms. The molecular weight excluding hydrogens is 256 g/mol. The first kappa shape index (κ1) is 13.3. The van der Waals surface area contributed by atoms with E-state index in [2.05, 4.69) is 17.2 Å². The third kappa shape index (κ3) is 3.65. The molecule has 0 aromatic carbocycles. The molecule has 2 atom stereocenters. The Morgan fingerprint density at radius 3 is 3.24 bits per heavy atom. The third-order valence-electron chi connectivity index (χ3n) is 3.02. The Morgan fingerprint density at radius 1 is 1.65 bits per heavy atom. The molecule has 1 aliphatic heterocycles. The molecule has 1 aromatic rings. The van der Waals surface area contributed by atoms with E-state index < -0.39 is 0 Å². The molecule has 0 amide bonds. The van der Waals surface area contributed by atoms with E-state index in [0.29, 0.717) is 5.92 Å². The number of nitrogens with zero attached hydrogens (tertiary/aromatic N) is 1. The van der Waals surface area contributed by atoms with Crippen LogP contribution in [0.3, 0.4) is 0 Å². The minimum Gasteiger partial charge on any atom is -0.371 e. The topological polar surface area (TPSA) is 34.1 Å². The van der Waals surface area contributed by atoms with Gasteiger partial charge in [0.25, 0.3) is 0 Å². The Bertz CT molecular complexity index is 345. The molecule has 1 aromatic heterocycles. The van der Waals surface area contributed by atoms with Crippen LogP contribution in [0.1, 0.15) is 37.3 Å². The van der Waals surface area contributed by atoms with Gasteiger partial charge in [0.05, 0.1) is 6.20 Å². The Hall–Kier alpha value is -0.160. The molecule has 0 aliphatic carbocycles. The fourth-order valence-electron chi connectivity index (χ4n) is 2.19. The van der Waals surface area contributed by atoms with Gasteiger partial charge >= 0.3 is 0 Å². The average Bonchev–Trinajstić information content (AvgIpc) is 2.77. The smallest absolute Gasteiger partial charge is 0.123 e. The highest BCUT2D eigenvalue weighted by Crippen LogP contribution is 2.36. The molecule has 1 fully saturated rings. The van der Waals surface area contributed by atoms with Crippen molar-refractivity contribution in [1.82, 2.24) is 10.3 Å². The van der Waals surface area contributed by atoms with Crippen LogP contribution in [0.15, 0.2) is 6.20 Å². The van der Waals surface area contributed by atoms with Crippen molar-refractivity contribution in [3.8, 4) is 0 Å². The molecular formula is C12H19ClN2OS. The number of rotatable bonds is 5. The van der Waals surface area contributed by atoms with Crippen molar-refractivity contribution < 1.29 is 4.74 Å². The SMILES string of the molecule is CCCNCC1CCCOC1c1ncc(Cl)s1. The molecule has 2 rings (SSSR count). The minimum absolute atomic E-state index is 0.130. The number of nitrogens with one attached hydrogen (secondary N) is 1. The van der Waals surface area contributed by atoms with Gasteiger partial charge in [-0.3, -0.25) is 0 Å². The quantitative estimate of drug-likeness (QED) is 0.837. The standard InChI is InChI=1S/C12H19ClN2OS/c1-2-5-14-7-9-4-3-6-16-11(9)12-15-8-10(13)17-12/h8-9,11,14H,2-7H2,1H3. The molecule has 0 bridgehead atoms. The third-order valence-corrected chi connectivity index (χ3v) is 4.19. The Kier molecular flexibility index (Phi) is 5.22. The van der Waals surface area contributed by atoms with Crippen molar-refractivity contribution in [3.05, 3.63) is 15.5 Å². The van der Waals surface area contributed by atoms with Gasteiger partial charge in [0.15, 0.2) is 0 Å². The number of halogens is 1. The monoisotopic (exact) mass is 274 g/mol. The summed E-state index contributed by atoms with van der Waals surface area (Å²) in [7, 11) is 0. The molecule has 1 N–H and O–H groups in total. The fraction of sp³-hybridized carbons (Fsp3) is 0.750. The van der Waals surface area contributed by atoms with E-state index in [-0.39, 0.29) is 6.10 Å². The van der Waals surface area contributed by atoms with Gasteiger partial charge < -0.3 is 10.1 Å². The summed E-state index contributed by atoms with van der Waals surface area (Å²) in [4.78, 5) is 4.35. The van der Waals surface area contributed by atoms with E-state index in [1.165, 1.54) is 24.2 Å². The maximum atomic E-state index is 5.94. The summed E-state index contributed by atoms with van der Waals surface area (Å²) < 4.78 is 6.61. The van der Waals surface area contributed by atoms with Gasteiger partial charge in [0.2, 0.25) is 0 Å². The first-order valence-corrected chi connectivity index (χ1v) is 7.44. The zero-order valence-electron chi connectivity index (χ0n) is 10.1. The number of ether oxygens (including phenoxy) is 1. The lowest BCUT2D eigenvalue weighted by atomic mass is 9.94. The molecule has 17 heavy (non-hydrogen) atoms. The number of hydrogen-bond acceptors (Lipinski definition) is 4. The highest BCUT2D eigenvalue weighted by Gasteiger charge is 2.29. The van der Waals surface area contributed by atoms with E-state index in [1.807, 2.05) is 0 Å². The maximum absolute atomic E-state index is 5.94. The predicted molar refractivity (Wildman–Crippen MR) is 71.7 cm³/mol. The molecule has 0 radical (unpaired) electrons. The van der Waals surface area contributed by atoms with Gasteiger partial charge in [-0.2, -0.15) is 0 Å². The normalized spacial score (nSPS) is 25.1. The second kappa shape index (κ2) is 6.69. The molecule has 2 unspecified atom stereocenters. The van der Waals surface area contributed by atoms with Crippen molar-refractivity contribution >= 4 is 22.9 Å². The van der Waals surface area contributed by atoms with Crippen LogP contribution in [-0.2, 0) is 4.74 Å². The van der Waals surface area contributed by atoms with Crippen molar-refractivity contribution in [2.45, 2.75) is 32.3 Å². The number of hydrogen-bond donors (Lipinski definition) is 1. The van der Waals surface area contributed by atoms with Crippen molar-refractivity contribution in [3.63, 3.8) is 0 Å². The van der Waals surface area contributed by atoms with E-state index in [9.17, 15) is 0 Å². The summed E-state index contributed by atoms with van der Waals surface area (Å²) >= 11 is 7.48. The molecule has 5 heteroatoms. The Balaban J connectivity index is 1.96. The van der Waals surface area contributed by atoms with Crippen molar-refractivity contribution in [1.29, 1.82) is 0 Å². The summed E-state index contributed by atoms with van der Waals surface area (Å²) in [6.07, 6.45) is 5.37. The molecule has 96 valence electrons. The second-order valence-corrected chi connectivity index (χ2v) is 6.09. The first-order chi connectivity index (χ1) is 8.31. The molecule has 2 heterocycles. The van der Waals surface area contributed by atoms with Gasteiger partial charge in [0, 0.05) is 19.1 Å². The zero-order valence-corrected chi connectivity index (χ0v) is 11.7. The highest BCUT2D eigenvalue weighted by atomic mass is 35.5. The summed E-state index contributed by atoms with van der Waals surface area (Å²) in [5.41, 5.74) is 0. The zero-order chi connectivity index (χ0) is 12.1. The molecule has 0 saturated carbocycles. The van der Waals surface area contributed by atoms with Crippen molar-refractivity contribution in [2.75, 3.05) is 19.7 Å². The van der Waals surface area contributed by atoms with Crippen LogP contribution in [0.2, 0.25) is 4.34 Å². The van der Waals surface area contributed by atoms with Gasteiger partial charge in [-0.25, -0.2) is 4.98 Å². The summed E-state index contributed by atoms with van der Waals surface area (Å²) in [5, 5.41) is 4.50. The van der Waals surface area contributed by atoms with Crippen molar-refractivity contribution in [2.24, 2.45) is 5.92 Å². The molecule has 3 nitrogen and oxygen atoms in total. The molecule has 1 aliphatic rings. The van der Waals surface area contributed by atoms with Crippen LogP contribution in [0.4, 0.5) is 0 Å². The lowest BCUT2D eigenvalue weighted by molar-refractivity contribution is -0.0278.